The van der Waals surface area contributed by atoms with E-state index in [0.717, 1.165) is 18.9 Å². The number of nitrogens with zero attached hydrogens (tertiary/aromatic N) is 2. The molecule has 0 spiro atoms. The van der Waals surface area contributed by atoms with Crippen LogP contribution in [0.4, 0.5) is 5.82 Å². The molecule has 1 aliphatic heterocycles. The lowest BCUT2D eigenvalue weighted by Crippen LogP contribution is -2.44. The van der Waals surface area contributed by atoms with Crippen LogP contribution in [0.3, 0.4) is 0 Å². The highest BCUT2D eigenvalue weighted by atomic mass is 15.2. The lowest BCUT2D eigenvalue weighted by molar-refractivity contribution is 0.447. The van der Waals surface area contributed by atoms with E-state index < -0.39 is 0 Å². The van der Waals surface area contributed by atoms with Gasteiger partial charge in [-0.25, -0.2) is 4.98 Å². The Balaban J connectivity index is 2.04. The summed E-state index contributed by atoms with van der Waals surface area (Å²) in [6.07, 6.45) is 4.39. The normalized spacial score (nSPS) is 22.4. The summed E-state index contributed by atoms with van der Waals surface area (Å²) in [7, 11) is 2.03. The van der Waals surface area contributed by atoms with Crippen molar-refractivity contribution in [2.24, 2.45) is 0 Å². The van der Waals surface area contributed by atoms with Crippen LogP contribution in [-0.2, 0) is 0 Å². The number of anilines is 1. The van der Waals surface area contributed by atoms with Crippen LogP contribution in [0, 0.1) is 0 Å². The Labute approximate surface area is 85.1 Å². The first kappa shape index (κ1) is 9.46. The molecule has 1 atom stereocenters. The van der Waals surface area contributed by atoms with Gasteiger partial charge in [-0.05, 0) is 32.0 Å². The number of piperidine rings is 1. The monoisotopic (exact) mass is 191 g/mol. The average molecular weight is 191 g/mol. The highest BCUT2D eigenvalue weighted by Gasteiger charge is 2.18. The third kappa shape index (κ3) is 2.04. The van der Waals surface area contributed by atoms with Gasteiger partial charge in [-0.3, -0.25) is 0 Å². The Hall–Kier alpha value is -1.09. The van der Waals surface area contributed by atoms with E-state index in [4.69, 9.17) is 0 Å². The van der Waals surface area contributed by atoms with Crippen molar-refractivity contribution >= 4 is 5.82 Å². The largest absolute Gasteiger partial charge is 0.355 e. The van der Waals surface area contributed by atoms with Crippen molar-refractivity contribution in [1.29, 1.82) is 0 Å². The van der Waals surface area contributed by atoms with Crippen molar-refractivity contribution in [3.8, 4) is 0 Å². The molecule has 2 heterocycles. The quantitative estimate of drug-likeness (QED) is 0.763. The number of nitrogens with one attached hydrogen (secondary N) is 1. The number of hydrogen-bond donors (Lipinski definition) is 1. The first-order valence-corrected chi connectivity index (χ1v) is 5.23. The van der Waals surface area contributed by atoms with Gasteiger partial charge >= 0.3 is 0 Å². The number of rotatable bonds is 2. The molecule has 2 rings (SSSR count). The summed E-state index contributed by atoms with van der Waals surface area (Å²) in [5, 5.41) is 3.33. The summed E-state index contributed by atoms with van der Waals surface area (Å²) in [6.45, 7) is 2.21. The molecule has 0 unspecified atom stereocenters. The maximum absolute atomic E-state index is 4.37. The van der Waals surface area contributed by atoms with E-state index in [1.807, 2.05) is 25.4 Å². The van der Waals surface area contributed by atoms with Crippen molar-refractivity contribution in [3.63, 3.8) is 0 Å². The minimum absolute atomic E-state index is 0.616. The molecule has 1 fully saturated rings. The van der Waals surface area contributed by atoms with Crippen LogP contribution in [0.1, 0.15) is 12.8 Å². The fourth-order valence-corrected chi connectivity index (χ4v) is 1.96. The Morgan fingerprint density at radius 2 is 2.43 bits per heavy atom. The molecule has 1 saturated heterocycles. The molecule has 3 heteroatoms. The number of likely N-dealkylation sites (N-methyl/N-ethyl adjacent to an activating group) is 1. The van der Waals surface area contributed by atoms with Gasteiger partial charge in [0.15, 0.2) is 0 Å². The second-order valence-electron chi connectivity index (χ2n) is 3.76. The molecule has 14 heavy (non-hydrogen) atoms. The number of pyridine rings is 1. The van der Waals surface area contributed by atoms with Gasteiger partial charge in [0.25, 0.3) is 0 Å². The molecule has 1 aromatic heterocycles. The van der Waals surface area contributed by atoms with Gasteiger partial charge in [0, 0.05) is 25.3 Å². The zero-order valence-electron chi connectivity index (χ0n) is 8.61. The first-order chi connectivity index (χ1) is 6.90. The highest BCUT2D eigenvalue weighted by molar-refractivity contribution is 5.38. The average Bonchev–Trinajstić information content (AvgIpc) is 2.30. The van der Waals surface area contributed by atoms with Crippen LogP contribution in [0.15, 0.2) is 24.4 Å². The lowest BCUT2D eigenvalue weighted by Gasteiger charge is -2.33. The molecule has 1 N–H and O–H groups in total. The molecule has 0 radical (unpaired) electrons. The Morgan fingerprint density at radius 3 is 3.14 bits per heavy atom. The summed E-state index contributed by atoms with van der Waals surface area (Å²) >= 11 is 0. The van der Waals surface area contributed by atoms with E-state index in [1.54, 1.807) is 0 Å². The van der Waals surface area contributed by atoms with E-state index in [2.05, 4.69) is 21.3 Å². The van der Waals surface area contributed by atoms with Gasteiger partial charge in [0.1, 0.15) is 5.82 Å². The summed E-state index contributed by atoms with van der Waals surface area (Å²) in [6, 6.07) is 6.71. The van der Waals surface area contributed by atoms with Crippen LogP contribution in [0.5, 0.6) is 0 Å². The van der Waals surface area contributed by atoms with Gasteiger partial charge in [0.2, 0.25) is 0 Å². The van der Waals surface area contributed by atoms with Crippen LogP contribution in [0.25, 0.3) is 0 Å². The van der Waals surface area contributed by atoms with Crippen molar-refractivity contribution in [1.82, 2.24) is 10.3 Å². The zero-order chi connectivity index (χ0) is 9.80. The summed E-state index contributed by atoms with van der Waals surface area (Å²) in [4.78, 5) is 6.72. The third-order valence-corrected chi connectivity index (χ3v) is 2.80. The molecular weight excluding hydrogens is 174 g/mol. The van der Waals surface area contributed by atoms with Gasteiger partial charge in [-0.15, -0.1) is 0 Å². The zero-order valence-corrected chi connectivity index (χ0v) is 8.61. The van der Waals surface area contributed by atoms with Crippen LogP contribution in [0.2, 0.25) is 0 Å². The molecule has 0 aliphatic carbocycles. The number of hydrogen-bond acceptors (Lipinski definition) is 3. The highest BCUT2D eigenvalue weighted by Crippen LogP contribution is 2.16. The molecular formula is C11H17N3. The lowest BCUT2D eigenvalue weighted by atomic mass is 10.1. The SMILES string of the molecule is CN[C@H]1CCCN(c2ccccn2)C1. The van der Waals surface area contributed by atoms with Crippen LogP contribution >= 0.6 is 0 Å². The van der Waals surface area contributed by atoms with E-state index >= 15 is 0 Å². The second-order valence-corrected chi connectivity index (χ2v) is 3.76. The van der Waals surface area contributed by atoms with Gasteiger partial charge in [0.05, 0.1) is 0 Å². The van der Waals surface area contributed by atoms with Crippen molar-refractivity contribution in [2.75, 3.05) is 25.0 Å². The number of aromatic nitrogens is 1. The predicted octanol–water partition coefficient (Wildman–Crippen LogP) is 1.27. The fraction of sp³-hybridized carbons (Fsp3) is 0.545. The molecule has 3 nitrogen and oxygen atoms in total. The van der Waals surface area contributed by atoms with Crippen molar-refractivity contribution < 1.29 is 0 Å². The smallest absolute Gasteiger partial charge is 0.128 e. The van der Waals surface area contributed by atoms with Gasteiger partial charge in [-0.1, -0.05) is 6.07 Å². The Morgan fingerprint density at radius 1 is 1.50 bits per heavy atom. The molecule has 0 amide bonds. The molecule has 0 aromatic carbocycles. The minimum Gasteiger partial charge on any atom is -0.355 e. The summed E-state index contributed by atoms with van der Waals surface area (Å²) < 4.78 is 0. The first-order valence-electron chi connectivity index (χ1n) is 5.23. The van der Waals surface area contributed by atoms with E-state index in [0.29, 0.717) is 6.04 Å². The standard InChI is InChI=1S/C11H17N3/c1-12-10-5-4-8-14(9-10)11-6-2-3-7-13-11/h2-3,6-7,10,12H,4-5,8-9H2,1H3/t10-/m0/s1. The van der Waals surface area contributed by atoms with Crippen LogP contribution < -0.4 is 10.2 Å². The second kappa shape index (κ2) is 4.42. The molecule has 76 valence electrons. The Bertz CT molecular complexity index is 273. The summed E-state index contributed by atoms with van der Waals surface area (Å²) in [5.74, 6) is 1.10. The van der Waals surface area contributed by atoms with Crippen molar-refractivity contribution in [2.45, 2.75) is 18.9 Å². The molecule has 0 saturated carbocycles. The molecule has 0 bridgehead atoms. The summed E-state index contributed by atoms with van der Waals surface area (Å²) in [5.41, 5.74) is 0. The fourth-order valence-electron chi connectivity index (χ4n) is 1.96. The maximum Gasteiger partial charge on any atom is 0.128 e. The van der Waals surface area contributed by atoms with Gasteiger partial charge < -0.3 is 10.2 Å². The van der Waals surface area contributed by atoms with E-state index in [9.17, 15) is 0 Å². The third-order valence-electron chi connectivity index (χ3n) is 2.80. The predicted molar refractivity (Wildman–Crippen MR) is 58.5 cm³/mol. The van der Waals surface area contributed by atoms with E-state index in [-0.39, 0.29) is 0 Å². The van der Waals surface area contributed by atoms with E-state index in [1.165, 1.54) is 12.8 Å². The minimum atomic E-state index is 0.616. The van der Waals surface area contributed by atoms with Crippen molar-refractivity contribution in [3.05, 3.63) is 24.4 Å². The van der Waals surface area contributed by atoms with Gasteiger partial charge in [-0.2, -0.15) is 0 Å². The Kier molecular flexibility index (Phi) is 2.99. The van der Waals surface area contributed by atoms with Crippen LogP contribution in [-0.4, -0.2) is 31.2 Å². The molecule has 1 aliphatic rings. The topological polar surface area (TPSA) is 28.2 Å². The molecule has 1 aromatic rings. The maximum atomic E-state index is 4.37.